The summed E-state index contributed by atoms with van der Waals surface area (Å²) in [4.78, 5) is 14.1. The Kier molecular flexibility index (Phi) is 4.67. The third-order valence-corrected chi connectivity index (χ3v) is 4.81. The van der Waals surface area contributed by atoms with Crippen LogP contribution in [0.25, 0.3) is 11.3 Å². The van der Waals surface area contributed by atoms with Crippen LogP contribution in [-0.4, -0.2) is 50.8 Å². The lowest BCUT2D eigenvalue weighted by atomic mass is 10.1. The first-order valence-corrected chi connectivity index (χ1v) is 9.02. The number of piperazine rings is 1. The van der Waals surface area contributed by atoms with Crippen LogP contribution < -0.4 is 4.90 Å². The monoisotopic (exact) mass is 348 g/mol. The lowest BCUT2D eigenvalue weighted by Crippen LogP contribution is -2.46. The summed E-state index contributed by atoms with van der Waals surface area (Å²) in [6, 6.07) is 8.47. The Balaban J connectivity index is 1.48. The molecule has 0 bridgehead atoms. The Hall–Kier alpha value is -2.73. The Morgan fingerprint density at radius 1 is 1.04 bits per heavy atom. The Bertz CT molecular complexity index is 879. The van der Waals surface area contributed by atoms with Gasteiger partial charge in [0.1, 0.15) is 5.69 Å². The summed E-state index contributed by atoms with van der Waals surface area (Å²) in [5.74, 6) is 0.985. The van der Waals surface area contributed by atoms with Crippen molar-refractivity contribution in [1.82, 2.24) is 24.6 Å². The molecule has 0 radical (unpaired) electrons. The number of nitrogens with zero attached hydrogens (tertiary/aromatic N) is 6. The van der Waals surface area contributed by atoms with Gasteiger partial charge in [-0.15, -0.1) is 0 Å². The van der Waals surface area contributed by atoms with Gasteiger partial charge in [-0.05, 0) is 13.0 Å². The fourth-order valence-corrected chi connectivity index (χ4v) is 3.49. The molecule has 0 saturated carbocycles. The molecule has 0 atom stereocenters. The van der Waals surface area contributed by atoms with Gasteiger partial charge in [-0.1, -0.05) is 23.8 Å². The number of anilines is 1. The number of hydrogen-bond donors (Lipinski definition) is 0. The molecule has 26 heavy (non-hydrogen) atoms. The molecule has 0 spiro atoms. The predicted octanol–water partition coefficient (Wildman–Crippen LogP) is 2.51. The average molecular weight is 348 g/mol. The molecule has 3 heterocycles. The van der Waals surface area contributed by atoms with Gasteiger partial charge in [-0.3, -0.25) is 14.6 Å². The van der Waals surface area contributed by atoms with Gasteiger partial charge in [-0.2, -0.15) is 5.10 Å². The zero-order valence-corrected chi connectivity index (χ0v) is 15.3. The molecule has 0 unspecified atom stereocenters. The van der Waals surface area contributed by atoms with E-state index in [-0.39, 0.29) is 0 Å². The van der Waals surface area contributed by atoms with E-state index < -0.39 is 0 Å². The third-order valence-electron chi connectivity index (χ3n) is 4.81. The molecular formula is C20H24N6. The lowest BCUT2D eigenvalue weighted by Gasteiger charge is -2.35. The van der Waals surface area contributed by atoms with Crippen LogP contribution in [0.1, 0.15) is 11.1 Å². The predicted molar refractivity (Wildman–Crippen MR) is 103 cm³/mol. The van der Waals surface area contributed by atoms with Crippen molar-refractivity contribution < 1.29 is 0 Å². The fourth-order valence-electron chi connectivity index (χ4n) is 3.49. The van der Waals surface area contributed by atoms with Crippen LogP contribution in [0, 0.1) is 6.92 Å². The van der Waals surface area contributed by atoms with E-state index in [1.807, 2.05) is 17.9 Å². The van der Waals surface area contributed by atoms with Crippen LogP contribution in [0.15, 0.2) is 49.1 Å². The topological polar surface area (TPSA) is 50.1 Å². The average Bonchev–Trinajstić information content (AvgIpc) is 3.07. The van der Waals surface area contributed by atoms with Crippen molar-refractivity contribution in [2.45, 2.75) is 13.5 Å². The molecule has 1 fully saturated rings. The largest absolute Gasteiger partial charge is 0.352 e. The first kappa shape index (κ1) is 16.7. The molecule has 134 valence electrons. The van der Waals surface area contributed by atoms with E-state index in [0.29, 0.717) is 0 Å². The quantitative estimate of drug-likeness (QED) is 0.725. The van der Waals surface area contributed by atoms with Crippen molar-refractivity contribution in [3.63, 3.8) is 0 Å². The van der Waals surface area contributed by atoms with Crippen molar-refractivity contribution in [2.75, 3.05) is 31.1 Å². The zero-order valence-electron chi connectivity index (χ0n) is 15.3. The molecule has 1 aromatic carbocycles. The fraction of sp³-hybridized carbons (Fsp3) is 0.350. The van der Waals surface area contributed by atoms with E-state index in [4.69, 9.17) is 0 Å². The summed E-state index contributed by atoms with van der Waals surface area (Å²) in [6.45, 7) is 7.00. The molecule has 2 aromatic heterocycles. The minimum Gasteiger partial charge on any atom is -0.352 e. The van der Waals surface area contributed by atoms with Crippen LogP contribution in [0.3, 0.4) is 0 Å². The maximum absolute atomic E-state index is 4.65. The number of aromatic nitrogens is 4. The van der Waals surface area contributed by atoms with E-state index in [1.165, 1.54) is 11.1 Å². The maximum Gasteiger partial charge on any atom is 0.155 e. The highest BCUT2D eigenvalue weighted by Crippen LogP contribution is 2.28. The van der Waals surface area contributed by atoms with Crippen LogP contribution in [0.4, 0.5) is 5.82 Å². The van der Waals surface area contributed by atoms with Gasteiger partial charge in [0, 0.05) is 69.5 Å². The highest BCUT2D eigenvalue weighted by Gasteiger charge is 2.21. The minimum absolute atomic E-state index is 0.951. The first-order chi connectivity index (χ1) is 12.7. The maximum atomic E-state index is 4.65. The zero-order chi connectivity index (χ0) is 17.9. The summed E-state index contributed by atoms with van der Waals surface area (Å²) < 4.78 is 1.86. The minimum atomic E-state index is 0.951. The highest BCUT2D eigenvalue weighted by atomic mass is 15.3. The van der Waals surface area contributed by atoms with Gasteiger partial charge in [0.2, 0.25) is 0 Å². The van der Waals surface area contributed by atoms with Gasteiger partial charge in [0.25, 0.3) is 0 Å². The summed E-state index contributed by atoms with van der Waals surface area (Å²) in [7, 11) is 1.96. The molecular weight excluding hydrogens is 324 g/mol. The van der Waals surface area contributed by atoms with Gasteiger partial charge in [0.15, 0.2) is 5.82 Å². The third kappa shape index (κ3) is 3.60. The molecule has 1 aliphatic heterocycles. The first-order valence-electron chi connectivity index (χ1n) is 9.02. The van der Waals surface area contributed by atoms with E-state index in [1.54, 1.807) is 12.4 Å². The number of aryl methyl sites for hydroxylation is 2. The van der Waals surface area contributed by atoms with Gasteiger partial charge >= 0.3 is 0 Å². The van der Waals surface area contributed by atoms with Gasteiger partial charge < -0.3 is 4.90 Å². The number of benzene rings is 1. The van der Waals surface area contributed by atoms with Gasteiger partial charge in [-0.25, -0.2) is 4.98 Å². The molecule has 3 aromatic rings. The highest BCUT2D eigenvalue weighted by molar-refractivity contribution is 5.72. The van der Waals surface area contributed by atoms with Crippen LogP contribution in [-0.2, 0) is 13.6 Å². The Labute approximate surface area is 154 Å². The lowest BCUT2D eigenvalue weighted by molar-refractivity contribution is 0.249. The second kappa shape index (κ2) is 7.25. The second-order valence-corrected chi connectivity index (χ2v) is 6.88. The summed E-state index contributed by atoms with van der Waals surface area (Å²) in [5.41, 5.74) is 4.60. The van der Waals surface area contributed by atoms with E-state index in [9.17, 15) is 0 Å². The SMILES string of the molecule is Cc1cccc(-c2nccnc2N2CCN(Cc3cnn(C)c3)CC2)c1. The van der Waals surface area contributed by atoms with E-state index >= 15 is 0 Å². The van der Waals surface area contributed by atoms with Crippen molar-refractivity contribution >= 4 is 5.82 Å². The molecule has 0 aliphatic carbocycles. The van der Waals surface area contributed by atoms with Crippen molar-refractivity contribution in [3.05, 3.63) is 60.2 Å². The van der Waals surface area contributed by atoms with Crippen molar-refractivity contribution in [1.29, 1.82) is 0 Å². The van der Waals surface area contributed by atoms with E-state index in [0.717, 1.165) is 49.8 Å². The summed E-state index contributed by atoms with van der Waals surface area (Å²) in [6.07, 6.45) is 7.60. The van der Waals surface area contributed by atoms with Crippen LogP contribution >= 0.6 is 0 Å². The normalized spacial score (nSPS) is 15.4. The number of hydrogen-bond acceptors (Lipinski definition) is 5. The molecule has 0 amide bonds. The Morgan fingerprint density at radius 3 is 2.58 bits per heavy atom. The van der Waals surface area contributed by atoms with Crippen LogP contribution in [0.2, 0.25) is 0 Å². The van der Waals surface area contributed by atoms with E-state index in [2.05, 4.69) is 62.3 Å². The molecule has 0 N–H and O–H groups in total. The Morgan fingerprint density at radius 2 is 1.85 bits per heavy atom. The molecule has 6 nitrogen and oxygen atoms in total. The number of rotatable bonds is 4. The molecule has 1 saturated heterocycles. The summed E-state index contributed by atoms with van der Waals surface area (Å²) in [5, 5.41) is 4.26. The van der Waals surface area contributed by atoms with Crippen molar-refractivity contribution in [2.24, 2.45) is 7.05 Å². The standard InChI is InChI=1S/C20H24N6/c1-16-4-3-5-18(12-16)19-20(22-7-6-21-19)26-10-8-25(9-11-26)15-17-13-23-24(2)14-17/h3-7,12-14H,8-11,15H2,1-2H3. The molecule has 6 heteroatoms. The van der Waals surface area contributed by atoms with Gasteiger partial charge in [0.05, 0.1) is 6.20 Å². The van der Waals surface area contributed by atoms with Crippen molar-refractivity contribution in [3.8, 4) is 11.3 Å². The summed E-state index contributed by atoms with van der Waals surface area (Å²) >= 11 is 0. The smallest absolute Gasteiger partial charge is 0.155 e. The molecule has 1 aliphatic rings. The molecule has 4 rings (SSSR count). The van der Waals surface area contributed by atoms with Crippen LogP contribution in [0.5, 0.6) is 0 Å². The second-order valence-electron chi connectivity index (χ2n) is 6.88.